The lowest BCUT2D eigenvalue weighted by molar-refractivity contribution is 0.417. The summed E-state index contributed by atoms with van der Waals surface area (Å²) in [6.07, 6.45) is 6.75. The normalized spacial score (nSPS) is 20.6. The van der Waals surface area contributed by atoms with Gasteiger partial charge >= 0.3 is 0 Å². The molecule has 0 radical (unpaired) electrons. The third kappa shape index (κ3) is 2.02. The van der Waals surface area contributed by atoms with E-state index in [0.29, 0.717) is 5.92 Å². The van der Waals surface area contributed by atoms with Crippen LogP contribution in [0.4, 0.5) is 0 Å². The summed E-state index contributed by atoms with van der Waals surface area (Å²) >= 11 is 2.04. The van der Waals surface area contributed by atoms with Gasteiger partial charge < -0.3 is 9.14 Å². The minimum Gasteiger partial charge on any atom is -0.493 e. The standard InChI is InChI=1S/C13H16N2OS/c1-16-12-5-2-6-15-8-11(14-13(12)15)10-4-3-7-17-9-10/h2,5-6,8,10H,3-4,7,9H2,1H3. The number of thioether (sulfide) groups is 1. The van der Waals surface area contributed by atoms with Gasteiger partial charge in [-0.05, 0) is 30.7 Å². The third-order valence-corrected chi connectivity index (χ3v) is 4.48. The number of hydrogen-bond donors (Lipinski definition) is 0. The molecule has 0 saturated carbocycles. The molecule has 1 atom stereocenters. The molecule has 0 spiro atoms. The van der Waals surface area contributed by atoms with Crippen molar-refractivity contribution >= 4 is 17.4 Å². The Hall–Kier alpha value is -1.16. The van der Waals surface area contributed by atoms with Crippen molar-refractivity contribution in [2.24, 2.45) is 0 Å². The maximum absolute atomic E-state index is 5.34. The van der Waals surface area contributed by atoms with Gasteiger partial charge in [-0.1, -0.05) is 0 Å². The second-order valence-corrected chi connectivity index (χ2v) is 5.54. The number of ether oxygens (including phenoxy) is 1. The Morgan fingerprint density at radius 1 is 1.53 bits per heavy atom. The number of pyridine rings is 1. The molecule has 3 heterocycles. The molecule has 3 rings (SSSR count). The molecule has 0 N–H and O–H groups in total. The van der Waals surface area contributed by atoms with Crippen LogP contribution in [-0.4, -0.2) is 28.0 Å². The molecule has 4 heteroatoms. The predicted molar refractivity (Wildman–Crippen MR) is 71.0 cm³/mol. The van der Waals surface area contributed by atoms with E-state index in [1.165, 1.54) is 30.0 Å². The lowest BCUT2D eigenvalue weighted by Crippen LogP contribution is -2.08. The van der Waals surface area contributed by atoms with E-state index < -0.39 is 0 Å². The van der Waals surface area contributed by atoms with E-state index in [1.54, 1.807) is 7.11 Å². The van der Waals surface area contributed by atoms with Gasteiger partial charge in [-0.25, -0.2) is 4.98 Å². The molecule has 1 unspecified atom stereocenters. The van der Waals surface area contributed by atoms with Crippen molar-refractivity contribution in [1.82, 2.24) is 9.38 Å². The monoisotopic (exact) mass is 248 g/mol. The summed E-state index contributed by atoms with van der Waals surface area (Å²) in [4.78, 5) is 4.73. The van der Waals surface area contributed by atoms with Crippen molar-refractivity contribution in [1.29, 1.82) is 0 Å². The predicted octanol–water partition coefficient (Wildman–Crippen LogP) is 2.95. The Kier molecular flexibility index (Phi) is 2.97. The van der Waals surface area contributed by atoms with Gasteiger partial charge in [0.2, 0.25) is 0 Å². The van der Waals surface area contributed by atoms with Gasteiger partial charge in [-0.15, -0.1) is 0 Å². The molecule has 17 heavy (non-hydrogen) atoms. The third-order valence-electron chi connectivity index (χ3n) is 3.26. The van der Waals surface area contributed by atoms with Gasteiger partial charge in [0.25, 0.3) is 0 Å². The first-order valence-corrected chi connectivity index (χ1v) is 7.13. The summed E-state index contributed by atoms with van der Waals surface area (Å²) in [6, 6.07) is 3.95. The van der Waals surface area contributed by atoms with Crippen LogP contribution in [0.25, 0.3) is 5.65 Å². The fraction of sp³-hybridized carbons (Fsp3) is 0.462. The molecular formula is C13H16N2OS. The van der Waals surface area contributed by atoms with Crippen LogP contribution in [0.15, 0.2) is 24.5 Å². The molecule has 1 aliphatic rings. The fourth-order valence-electron chi connectivity index (χ4n) is 2.34. The van der Waals surface area contributed by atoms with Gasteiger partial charge in [0.1, 0.15) is 0 Å². The quantitative estimate of drug-likeness (QED) is 0.817. The summed E-state index contributed by atoms with van der Waals surface area (Å²) in [6.45, 7) is 0. The van der Waals surface area contributed by atoms with E-state index >= 15 is 0 Å². The van der Waals surface area contributed by atoms with E-state index in [1.807, 2.05) is 30.1 Å². The van der Waals surface area contributed by atoms with Crippen LogP contribution in [0, 0.1) is 0 Å². The van der Waals surface area contributed by atoms with Crippen LogP contribution in [0.1, 0.15) is 24.5 Å². The molecule has 1 fully saturated rings. The van der Waals surface area contributed by atoms with Crippen molar-refractivity contribution in [3.63, 3.8) is 0 Å². The molecule has 0 aromatic carbocycles. The summed E-state index contributed by atoms with van der Waals surface area (Å²) in [7, 11) is 1.69. The van der Waals surface area contributed by atoms with Gasteiger partial charge in [0, 0.05) is 24.1 Å². The van der Waals surface area contributed by atoms with E-state index in [4.69, 9.17) is 9.72 Å². The highest BCUT2D eigenvalue weighted by atomic mass is 32.2. The Morgan fingerprint density at radius 3 is 3.24 bits per heavy atom. The summed E-state index contributed by atoms with van der Waals surface area (Å²) in [5, 5.41) is 0. The van der Waals surface area contributed by atoms with Crippen LogP contribution in [-0.2, 0) is 0 Å². The van der Waals surface area contributed by atoms with Gasteiger partial charge in [-0.3, -0.25) is 0 Å². The highest BCUT2D eigenvalue weighted by molar-refractivity contribution is 7.99. The number of fused-ring (bicyclic) bond motifs is 1. The van der Waals surface area contributed by atoms with Crippen molar-refractivity contribution in [3.8, 4) is 5.75 Å². The van der Waals surface area contributed by atoms with Gasteiger partial charge in [0.15, 0.2) is 11.4 Å². The fourth-order valence-corrected chi connectivity index (χ4v) is 3.50. The number of rotatable bonds is 2. The molecule has 2 aromatic heterocycles. The number of aromatic nitrogens is 2. The van der Waals surface area contributed by atoms with Crippen LogP contribution in [0.5, 0.6) is 5.75 Å². The van der Waals surface area contributed by atoms with Gasteiger partial charge in [0.05, 0.1) is 12.8 Å². The Bertz CT molecular complexity index is 517. The largest absolute Gasteiger partial charge is 0.493 e. The molecule has 0 aliphatic carbocycles. The number of methoxy groups -OCH3 is 1. The van der Waals surface area contributed by atoms with Crippen LogP contribution < -0.4 is 4.74 Å². The van der Waals surface area contributed by atoms with Crippen LogP contribution in [0.3, 0.4) is 0 Å². The number of imidazole rings is 1. The lowest BCUT2D eigenvalue weighted by Gasteiger charge is -2.18. The molecule has 90 valence electrons. The maximum atomic E-state index is 5.34. The molecule has 2 aromatic rings. The number of nitrogens with zero attached hydrogens (tertiary/aromatic N) is 2. The zero-order chi connectivity index (χ0) is 11.7. The Balaban J connectivity index is 2.00. The molecule has 1 aliphatic heterocycles. The Morgan fingerprint density at radius 2 is 2.47 bits per heavy atom. The maximum Gasteiger partial charge on any atom is 0.179 e. The SMILES string of the molecule is COc1cccn2cc(C3CCCSC3)nc12. The minimum absolute atomic E-state index is 0.610. The average molecular weight is 248 g/mol. The minimum atomic E-state index is 0.610. The highest BCUT2D eigenvalue weighted by Crippen LogP contribution is 2.31. The molecular weight excluding hydrogens is 232 g/mol. The molecule has 1 saturated heterocycles. The first-order chi connectivity index (χ1) is 8.38. The molecule has 0 amide bonds. The van der Waals surface area contributed by atoms with Crippen LogP contribution in [0.2, 0.25) is 0 Å². The van der Waals surface area contributed by atoms with E-state index in [-0.39, 0.29) is 0 Å². The summed E-state index contributed by atoms with van der Waals surface area (Å²) < 4.78 is 7.40. The highest BCUT2D eigenvalue weighted by Gasteiger charge is 2.19. The van der Waals surface area contributed by atoms with E-state index in [2.05, 4.69) is 10.6 Å². The van der Waals surface area contributed by atoms with Crippen molar-refractivity contribution < 1.29 is 4.74 Å². The molecule has 3 nitrogen and oxygen atoms in total. The van der Waals surface area contributed by atoms with Gasteiger partial charge in [-0.2, -0.15) is 11.8 Å². The topological polar surface area (TPSA) is 26.5 Å². The smallest absolute Gasteiger partial charge is 0.179 e. The van der Waals surface area contributed by atoms with E-state index in [0.717, 1.165) is 11.4 Å². The van der Waals surface area contributed by atoms with Crippen molar-refractivity contribution in [2.75, 3.05) is 18.6 Å². The number of hydrogen-bond acceptors (Lipinski definition) is 3. The zero-order valence-corrected chi connectivity index (χ0v) is 10.7. The first-order valence-electron chi connectivity index (χ1n) is 5.98. The van der Waals surface area contributed by atoms with E-state index in [9.17, 15) is 0 Å². The Labute approximate surface area is 105 Å². The second kappa shape index (κ2) is 4.61. The first kappa shape index (κ1) is 11.0. The molecule has 0 bridgehead atoms. The van der Waals surface area contributed by atoms with Crippen molar-refractivity contribution in [2.45, 2.75) is 18.8 Å². The average Bonchev–Trinajstić information content (AvgIpc) is 2.83. The van der Waals surface area contributed by atoms with Crippen molar-refractivity contribution in [3.05, 3.63) is 30.2 Å². The summed E-state index contributed by atoms with van der Waals surface area (Å²) in [5.41, 5.74) is 2.14. The van der Waals surface area contributed by atoms with Crippen LogP contribution >= 0.6 is 11.8 Å². The lowest BCUT2D eigenvalue weighted by atomic mass is 10.0. The summed E-state index contributed by atoms with van der Waals surface area (Å²) in [5.74, 6) is 3.96. The zero-order valence-electron chi connectivity index (χ0n) is 9.93. The second-order valence-electron chi connectivity index (χ2n) is 4.39.